The van der Waals surface area contributed by atoms with Gasteiger partial charge in [-0.05, 0) is 56.4 Å². The fourth-order valence-electron chi connectivity index (χ4n) is 4.72. The molecule has 12 heteroatoms. The first-order valence-electron chi connectivity index (χ1n) is 13.9. The van der Waals surface area contributed by atoms with E-state index < -0.39 is 18.7 Å². The molecule has 2 aliphatic rings. The first-order valence-corrected chi connectivity index (χ1v) is 13.9. The van der Waals surface area contributed by atoms with Crippen LogP contribution in [0.2, 0.25) is 0 Å². The molecule has 2 amide bonds. The van der Waals surface area contributed by atoms with Gasteiger partial charge in [-0.25, -0.2) is 9.78 Å². The Hall–Kier alpha value is -4.19. The minimum absolute atomic E-state index is 0.0562. The van der Waals surface area contributed by atoms with Gasteiger partial charge >= 0.3 is 12.7 Å². The van der Waals surface area contributed by atoms with Gasteiger partial charge in [0, 0.05) is 31.2 Å². The summed E-state index contributed by atoms with van der Waals surface area (Å²) in [5.41, 5.74) is 7.50. The number of oxazole rings is 1. The Bertz CT molecular complexity index is 1400. The van der Waals surface area contributed by atoms with Gasteiger partial charge in [0.2, 0.25) is 5.89 Å². The number of benzene rings is 2. The number of nitrogens with two attached hydrogens (primary N) is 1. The van der Waals surface area contributed by atoms with Crippen molar-refractivity contribution in [3.63, 3.8) is 0 Å². The third-order valence-corrected chi connectivity index (χ3v) is 7.20. The predicted molar refractivity (Wildman–Crippen MR) is 148 cm³/mol. The van der Waals surface area contributed by atoms with E-state index in [0.29, 0.717) is 18.1 Å². The van der Waals surface area contributed by atoms with E-state index in [1.165, 1.54) is 18.2 Å². The number of carbonyl (C=O) groups excluding carboxylic acids is 2. The molecule has 1 saturated carbocycles. The lowest BCUT2D eigenvalue weighted by molar-refractivity contribution is -0.0515. The summed E-state index contributed by atoms with van der Waals surface area (Å²) in [5, 5.41) is 0. The lowest BCUT2D eigenvalue weighted by Crippen LogP contribution is -2.55. The van der Waals surface area contributed by atoms with Gasteiger partial charge in [-0.2, -0.15) is 8.78 Å². The molecular weight excluding hydrogens is 550 g/mol. The average Bonchev–Trinajstić information content (AvgIpc) is 3.70. The number of halogens is 2. The average molecular weight is 585 g/mol. The Morgan fingerprint density at radius 1 is 1.12 bits per heavy atom. The van der Waals surface area contributed by atoms with Gasteiger partial charge < -0.3 is 34.2 Å². The highest BCUT2D eigenvalue weighted by Gasteiger charge is 2.34. The number of amides is 2. The van der Waals surface area contributed by atoms with Crippen molar-refractivity contribution in [1.82, 2.24) is 14.8 Å². The minimum atomic E-state index is -3.01. The Morgan fingerprint density at radius 2 is 1.88 bits per heavy atom. The second-order valence-electron chi connectivity index (χ2n) is 10.6. The zero-order valence-electron chi connectivity index (χ0n) is 23.5. The molecular formula is C30H34F2N4O6. The van der Waals surface area contributed by atoms with E-state index in [9.17, 15) is 18.4 Å². The molecule has 42 heavy (non-hydrogen) atoms. The van der Waals surface area contributed by atoms with Gasteiger partial charge in [0.25, 0.3) is 5.91 Å². The van der Waals surface area contributed by atoms with E-state index in [1.54, 1.807) is 16.7 Å². The maximum absolute atomic E-state index is 13.6. The number of rotatable bonds is 10. The second-order valence-corrected chi connectivity index (χ2v) is 10.6. The normalized spacial score (nSPS) is 17.7. The molecule has 2 heterocycles. The van der Waals surface area contributed by atoms with Crippen LogP contribution in [0.4, 0.5) is 13.6 Å². The number of aromatic nitrogens is 1. The van der Waals surface area contributed by atoms with Crippen LogP contribution in [0.5, 0.6) is 11.5 Å². The SMILES string of the molecule is C[C@H](N)c1oc(-c2ccc(OC(F)F)c(OCC3CC3)c2)nc1C(=O)N1CCN(C(=O)OCc2ccccc2)[C@H](C)C1. The molecule has 0 radical (unpaired) electrons. The summed E-state index contributed by atoms with van der Waals surface area (Å²) in [7, 11) is 0. The van der Waals surface area contributed by atoms with Crippen LogP contribution in [0.3, 0.4) is 0 Å². The van der Waals surface area contributed by atoms with Crippen molar-refractivity contribution < 1.29 is 37.0 Å². The summed E-state index contributed by atoms with van der Waals surface area (Å²) >= 11 is 0. The van der Waals surface area contributed by atoms with Crippen molar-refractivity contribution >= 4 is 12.0 Å². The molecule has 2 aromatic carbocycles. The Labute approximate surface area is 242 Å². The summed E-state index contributed by atoms with van der Waals surface area (Å²) in [6.07, 6.45) is 1.60. The number of carbonyl (C=O) groups is 2. The summed E-state index contributed by atoms with van der Waals surface area (Å²) in [4.78, 5) is 34.0. The molecule has 5 rings (SSSR count). The molecule has 10 nitrogen and oxygen atoms in total. The number of ether oxygens (including phenoxy) is 3. The smallest absolute Gasteiger partial charge is 0.410 e. The van der Waals surface area contributed by atoms with Crippen LogP contribution in [0.25, 0.3) is 11.5 Å². The van der Waals surface area contributed by atoms with Crippen LogP contribution in [-0.4, -0.2) is 65.7 Å². The number of hydrogen-bond donors (Lipinski definition) is 1. The molecule has 0 spiro atoms. The van der Waals surface area contributed by atoms with Crippen LogP contribution in [0, 0.1) is 5.92 Å². The van der Waals surface area contributed by atoms with Crippen molar-refractivity contribution in [3.8, 4) is 23.0 Å². The van der Waals surface area contributed by atoms with Gasteiger partial charge in [0.1, 0.15) is 6.61 Å². The van der Waals surface area contributed by atoms with E-state index in [4.69, 9.17) is 19.6 Å². The van der Waals surface area contributed by atoms with Crippen LogP contribution in [0.15, 0.2) is 52.9 Å². The molecule has 1 aliphatic heterocycles. The van der Waals surface area contributed by atoms with Crippen LogP contribution >= 0.6 is 0 Å². The topological polar surface area (TPSA) is 120 Å². The zero-order valence-corrected chi connectivity index (χ0v) is 23.5. The molecule has 2 atom stereocenters. The Kier molecular flexibility index (Phi) is 8.91. The van der Waals surface area contributed by atoms with Crippen molar-refractivity contribution in [3.05, 3.63) is 65.5 Å². The molecule has 2 N–H and O–H groups in total. The largest absolute Gasteiger partial charge is 0.489 e. The molecule has 3 aromatic rings. The highest BCUT2D eigenvalue weighted by Crippen LogP contribution is 2.37. The Morgan fingerprint density at radius 3 is 2.55 bits per heavy atom. The molecule has 1 aliphatic carbocycles. The fraction of sp³-hybridized carbons (Fsp3) is 0.433. The lowest BCUT2D eigenvalue weighted by atomic mass is 10.1. The van der Waals surface area contributed by atoms with Crippen LogP contribution in [-0.2, 0) is 11.3 Å². The fourth-order valence-corrected chi connectivity index (χ4v) is 4.72. The zero-order chi connectivity index (χ0) is 29.8. The van der Waals surface area contributed by atoms with Gasteiger partial charge in [-0.1, -0.05) is 30.3 Å². The Balaban J connectivity index is 1.29. The van der Waals surface area contributed by atoms with E-state index in [0.717, 1.165) is 18.4 Å². The second kappa shape index (κ2) is 12.8. The molecule has 2 fully saturated rings. The van der Waals surface area contributed by atoms with E-state index >= 15 is 0 Å². The van der Waals surface area contributed by atoms with Crippen molar-refractivity contribution in [2.45, 2.75) is 52.0 Å². The molecule has 0 bridgehead atoms. The lowest BCUT2D eigenvalue weighted by Gasteiger charge is -2.38. The van der Waals surface area contributed by atoms with E-state index in [1.807, 2.05) is 37.3 Å². The molecule has 0 unspecified atom stereocenters. The molecule has 1 aromatic heterocycles. The van der Waals surface area contributed by atoms with Crippen molar-refractivity contribution in [1.29, 1.82) is 0 Å². The third-order valence-electron chi connectivity index (χ3n) is 7.20. The van der Waals surface area contributed by atoms with E-state index in [-0.39, 0.29) is 67.0 Å². The monoisotopic (exact) mass is 584 g/mol. The van der Waals surface area contributed by atoms with Gasteiger partial charge in [-0.3, -0.25) is 4.79 Å². The van der Waals surface area contributed by atoms with Gasteiger partial charge in [0.05, 0.1) is 12.6 Å². The van der Waals surface area contributed by atoms with Crippen LogP contribution in [0.1, 0.15) is 54.5 Å². The van der Waals surface area contributed by atoms with Gasteiger partial charge in [-0.15, -0.1) is 0 Å². The number of hydrogen-bond acceptors (Lipinski definition) is 8. The standard InChI is InChI=1S/C30H34F2N4O6/c1-18-15-35(12-13-36(18)30(38)40-17-20-6-4-3-5-7-20)28(37)25-26(19(2)33)42-27(34-25)22-10-11-23(41-29(31)32)24(14-22)39-16-21-8-9-21/h3-7,10-11,14,18-19,21,29H,8-9,12-13,15-17,33H2,1-2H3/t18-,19+/m1/s1. The van der Waals surface area contributed by atoms with Crippen molar-refractivity contribution in [2.75, 3.05) is 26.2 Å². The van der Waals surface area contributed by atoms with Crippen LogP contribution < -0.4 is 15.2 Å². The number of alkyl halides is 2. The number of nitrogens with zero attached hydrogens (tertiary/aromatic N) is 3. The molecule has 224 valence electrons. The summed E-state index contributed by atoms with van der Waals surface area (Å²) in [6.45, 7) is 1.86. The van der Waals surface area contributed by atoms with E-state index in [2.05, 4.69) is 9.72 Å². The maximum atomic E-state index is 13.6. The van der Waals surface area contributed by atoms with Gasteiger partial charge in [0.15, 0.2) is 23.0 Å². The predicted octanol–water partition coefficient (Wildman–Crippen LogP) is 5.23. The number of piperazine rings is 1. The maximum Gasteiger partial charge on any atom is 0.410 e. The highest BCUT2D eigenvalue weighted by atomic mass is 19.3. The first kappa shape index (κ1) is 29.3. The molecule has 1 saturated heterocycles. The summed E-state index contributed by atoms with van der Waals surface area (Å²) in [6, 6.07) is 12.8. The third kappa shape index (κ3) is 6.99. The first-order chi connectivity index (χ1) is 20.2. The summed E-state index contributed by atoms with van der Waals surface area (Å²) in [5.74, 6) is 0.333. The quantitative estimate of drug-likeness (QED) is 0.344. The van der Waals surface area contributed by atoms with Crippen molar-refractivity contribution in [2.24, 2.45) is 11.7 Å². The minimum Gasteiger partial charge on any atom is -0.489 e. The highest BCUT2D eigenvalue weighted by molar-refractivity contribution is 5.94. The summed E-state index contributed by atoms with van der Waals surface area (Å²) < 4.78 is 47.7.